The second kappa shape index (κ2) is 7.35. The molecular formula is C26H33NO3. The number of fused-ring (bicyclic) bond motifs is 4. The monoisotopic (exact) mass is 407 g/mol. The number of anilines is 1. The van der Waals surface area contributed by atoms with Crippen molar-refractivity contribution >= 4 is 11.5 Å². The van der Waals surface area contributed by atoms with Crippen LogP contribution in [0.15, 0.2) is 47.1 Å². The summed E-state index contributed by atoms with van der Waals surface area (Å²) in [7, 11) is 4.11. The minimum absolute atomic E-state index is 0.0901. The van der Waals surface area contributed by atoms with E-state index in [0.29, 0.717) is 24.9 Å². The molecule has 4 aliphatic rings. The third-order valence-corrected chi connectivity index (χ3v) is 8.22. The predicted molar refractivity (Wildman–Crippen MR) is 118 cm³/mol. The maximum absolute atomic E-state index is 12.1. The van der Waals surface area contributed by atoms with Gasteiger partial charge in [-0.25, -0.2) is 0 Å². The molecule has 5 atom stereocenters. The zero-order chi connectivity index (χ0) is 21.0. The van der Waals surface area contributed by atoms with Crippen LogP contribution in [0, 0.1) is 17.3 Å². The molecule has 1 aromatic rings. The van der Waals surface area contributed by atoms with Gasteiger partial charge >= 0.3 is 0 Å². The first-order chi connectivity index (χ1) is 14.4. The van der Waals surface area contributed by atoms with Gasteiger partial charge in [0, 0.05) is 31.6 Å². The molecule has 160 valence electrons. The number of carbonyl (C=O) groups excluding carboxylic acids is 1. The van der Waals surface area contributed by atoms with Crippen molar-refractivity contribution in [3.8, 4) is 0 Å². The van der Waals surface area contributed by atoms with E-state index in [1.54, 1.807) is 0 Å². The minimum Gasteiger partial charge on any atom is -0.392 e. The van der Waals surface area contributed by atoms with Crippen LogP contribution in [0.4, 0.5) is 5.69 Å². The summed E-state index contributed by atoms with van der Waals surface area (Å²) in [6.45, 7) is 2.81. The van der Waals surface area contributed by atoms with Crippen molar-refractivity contribution in [1.82, 2.24) is 0 Å². The molecule has 0 spiro atoms. The molecule has 4 nitrogen and oxygen atoms in total. The molecule has 0 amide bonds. The first-order valence-corrected chi connectivity index (χ1v) is 11.4. The van der Waals surface area contributed by atoms with E-state index in [9.17, 15) is 9.90 Å². The predicted octanol–water partition coefficient (Wildman–Crippen LogP) is 4.60. The van der Waals surface area contributed by atoms with Crippen LogP contribution in [-0.4, -0.2) is 37.7 Å². The molecule has 1 heterocycles. The van der Waals surface area contributed by atoms with Crippen LogP contribution in [0.1, 0.15) is 57.1 Å². The third kappa shape index (κ3) is 3.07. The van der Waals surface area contributed by atoms with Crippen LogP contribution in [0.25, 0.3) is 0 Å². The Balaban J connectivity index is 1.64. The number of hydrogen-bond acceptors (Lipinski definition) is 4. The van der Waals surface area contributed by atoms with Gasteiger partial charge in [0.15, 0.2) is 5.78 Å². The van der Waals surface area contributed by atoms with Crippen LogP contribution in [0.2, 0.25) is 0 Å². The lowest BCUT2D eigenvalue weighted by Crippen LogP contribution is -2.39. The van der Waals surface area contributed by atoms with Crippen LogP contribution in [0.3, 0.4) is 0 Å². The van der Waals surface area contributed by atoms with Gasteiger partial charge in [-0.3, -0.25) is 4.79 Å². The number of hydrogen-bond donors (Lipinski definition) is 1. The molecule has 1 aliphatic heterocycles. The van der Waals surface area contributed by atoms with E-state index in [2.05, 4.69) is 50.2 Å². The Kier molecular flexibility index (Phi) is 4.90. The van der Waals surface area contributed by atoms with E-state index in [1.165, 1.54) is 28.0 Å². The quantitative estimate of drug-likeness (QED) is 0.779. The van der Waals surface area contributed by atoms with Crippen molar-refractivity contribution in [2.75, 3.05) is 25.6 Å². The fourth-order valence-electron chi connectivity index (χ4n) is 6.46. The van der Waals surface area contributed by atoms with E-state index in [0.717, 1.165) is 32.1 Å². The molecule has 0 radical (unpaired) electrons. The number of benzene rings is 1. The molecular weight excluding hydrogens is 374 g/mol. The van der Waals surface area contributed by atoms with Gasteiger partial charge in [0.1, 0.15) is 6.10 Å². The fourth-order valence-corrected chi connectivity index (χ4v) is 6.46. The Labute approximate surface area is 179 Å². The molecule has 0 bridgehead atoms. The normalized spacial score (nSPS) is 35.9. The number of ether oxygens (including phenoxy) is 1. The zero-order valence-electron chi connectivity index (χ0n) is 18.4. The molecule has 4 heteroatoms. The summed E-state index contributed by atoms with van der Waals surface area (Å²) in [5, 5.41) is 10.9. The third-order valence-electron chi connectivity index (χ3n) is 8.22. The maximum Gasteiger partial charge on any atom is 0.156 e. The number of nitrogens with zero attached hydrogens (tertiary/aromatic N) is 1. The van der Waals surface area contributed by atoms with Gasteiger partial charge < -0.3 is 14.7 Å². The van der Waals surface area contributed by atoms with E-state index in [1.807, 2.05) is 6.08 Å². The van der Waals surface area contributed by atoms with Crippen LogP contribution in [0.5, 0.6) is 0 Å². The maximum atomic E-state index is 12.1. The van der Waals surface area contributed by atoms with Gasteiger partial charge in [-0.1, -0.05) is 19.1 Å². The molecule has 1 N–H and O–H groups in total. The van der Waals surface area contributed by atoms with Gasteiger partial charge in [0.25, 0.3) is 0 Å². The van der Waals surface area contributed by atoms with Crippen molar-refractivity contribution in [2.45, 2.75) is 57.7 Å². The summed E-state index contributed by atoms with van der Waals surface area (Å²) < 4.78 is 6.68. The largest absolute Gasteiger partial charge is 0.392 e. The highest BCUT2D eigenvalue weighted by molar-refractivity contribution is 5.93. The minimum atomic E-state index is -0.298. The topological polar surface area (TPSA) is 49.8 Å². The lowest BCUT2D eigenvalue weighted by molar-refractivity contribution is -0.114. The smallest absolute Gasteiger partial charge is 0.156 e. The number of aliphatic hydroxyl groups is 1. The number of rotatable bonds is 2. The summed E-state index contributed by atoms with van der Waals surface area (Å²) in [5.74, 6) is 1.13. The van der Waals surface area contributed by atoms with E-state index in [4.69, 9.17) is 4.74 Å². The SMILES string of the molecule is CN(C)c1ccc([C@H]2OC[C@@]3(C)C(CC[C@@H]3O)C3CCC4=CC(=O)CCC4=C32)cc1. The van der Waals surface area contributed by atoms with Gasteiger partial charge in [-0.2, -0.15) is 0 Å². The zero-order valence-corrected chi connectivity index (χ0v) is 18.4. The Hall–Kier alpha value is -1.91. The van der Waals surface area contributed by atoms with Crippen LogP contribution in [-0.2, 0) is 9.53 Å². The first kappa shape index (κ1) is 20.0. The van der Waals surface area contributed by atoms with Gasteiger partial charge in [-0.15, -0.1) is 0 Å². The summed E-state index contributed by atoms with van der Waals surface area (Å²) in [6.07, 6.45) is 6.90. The summed E-state index contributed by atoms with van der Waals surface area (Å²) in [5.41, 5.74) is 6.18. The number of ketones is 1. The molecule has 1 aromatic carbocycles. The highest BCUT2D eigenvalue weighted by atomic mass is 16.5. The molecule has 2 fully saturated rings. The number of allylic oxidation sites excluding steroid dienone is 3. The van der Waals surface area contributed by atoms with Crippen molar-refractivity contribution < 1.29 is 14.6 Å². The molecule has 2 unspecified atom stereocenters. The molecule has 3 aliphatic carbocycles. The average Bonchev–Trinajstić information content (AvgIpc) is 2.95. The Morgan fingerprint density at radius 3 is 2.57 bits per heavy atom. The molecule has 30 heavy (non-hydrogen) atoms. The van der Waals surface area contributed by atoms with E-state index in [-0.39, 0.29) is 23.4 Å². The highest BCUT2D eigenvalue weighted by Crippen LogP contribution is 2.58. The van der Waals surface area contributed by atoms with Crippen LogP contribution >= 0.6 is 0 Å². The Morgan fingerprint density at radius 1 is 1.07 bits per heavy atom. The highest BCUT2D eigenvalue weighted by Gasteiger charge is 2.54. The average molecular weight is 408 g/mol. The molecule has 1 saturated heterocycles. The van der Waals surface area contributed by atoms with Crippen molar-refractivity contribution in [1.29, 1.82) is 0 Å². The van der Waals surface area contributed by atoms with Crippen molar-refractivity contribution in [3.05, 3.63) is 52.6 Å². The van der Waals surface area contributed by atoms with Gasteiger partial charge in [0.05, 0.1) is 12.7 Å². The van der Waals surface area contributed by atoms with E-state index < -0.39 is 0 Å². The number of carbonyl (C=O) groups is 1. The summed E-state index contributed by atoms with van der Waals surface area (Å²) in [6, 6.07) is 8.70. The van der Waals surface area contributed by atoms with Crippen molar-refractivity contribution in [3.63, 3.8) is 0 Å². The van der Waals surface area contributed by atoms with E-state index >= 15 is 0 Å². The standard InChI is InChI=1S/C26H33NO3/c1-26-15-30-25(16-4-7-18(8-5-16)27(2)3)24-20-11-9-19(28)14-17(20)6-10-21(24)22(26)12-13-23(26)29/h4-5,7-8,14,21-23,25,29H,6,9-13,15H2,1-3H3/t21?,22?,23-,25+,26-/m0/s1. The first-order valence-electron chi connectivity index (χ1n) is 11.4. The molecule has 1 saturated carbocycles. The second-order valence-corrected chi connectivity index (χ2v) is 10.1. The van der Waals surface area contributed by atoms with Crippen molar-refractivity contribution in [2.24, 2.45) is 17.3 Å². The lowest BCUT2D eigenvalue weighted by atomic mass is 9.63. The number of aliphatic hydroxyl groups excluding tert-OH is 1. The summed E-state index contributed by atoms with van der Waals surface area (Å²) in [4.78, 5) is 14.2. The second-order valence-electron chi connectivity index (χ2n) is 10.1. The Bertz CT molecular complexity index is 913. The van der Waals surface area contributed by atoms with Crippen LogP contribution < -0.4 is 4.90 Å². The molecule has 5 rings (SSSR count). The fraction of sp³-hybridized carbons (Fsp3) is 0.577. The molecule has 0 aromatic heterocycles. The summed E-state index contributed by atoms with van der Waals surface area (Å²) >= 11 is 0. The van der Waals surface area contributed by atoms with Gasteiger partial charge in [0.2, 0.25) is 0 Å². The lowest BCUT2D eigenvalue weighted by Gasteiger charge is -2.40. The van der Waals surface area contributed by atoms with Gasteiger partial charge in [-0.05, 0) is 84.4 Å². The Morgan fingerprint density at radius 2 is 1.83 bits per heavy atom.